The molecule has 7 heteroatoms. The fourth-order valence-electron chi connectivity index (χ4n) is 2.51. The maximum Gasteiger partial charge on any atom is 0.263 e. The molecule has 1 aliphatic rings. The lowest BCUT2D eigenvalue weighted by Crippen LogP contribution is -2.15. The van der Waals surface area contributed by atoms with Gasteiger partial charge in [-0.1, -0.05) is 12.8 Å². The number of hydrogen-bond acceptors (Lipinski definition) is 5. The van der Waals surface area contributed by atoms with Crippen LogP contribution in [0.5, 0.6) is 0 Å². The highest BCUT2D eigenvalue weighted by Crippen LogP contribution is 2.20. The predicted molar refractivity (Wildman–Crippen MR) is 75.8 cm³/mol. The lowest BCUT2D eigenvalue weighted by molar-refractivity contribution is 0.0583. The van der Waals surface area contributed by atoms with Crippen molar-refractivity contribution >= 4 is 17.0 Å². The summed E-state index contributed by atoms with van der Waals surface area (Å²) in [5.41, 5.74) is 0.312. The standard InChI is InChI=1S/C13H19N5O2/c19-12-10-8-15-18-11(10)16-13(17-12)14-6-3-7-20-9-4-1-2-5-9/h8-9H,1-7H2,(H3,14,15,16,17,18,19). The molecule has 2 heterocycles. The average Bonchev–Trinajstić information content (AvgIpc) is 3.08. The summed E-state index contributed by atoms with van der Waals surface area (Å²) in [4.78, 5) is 18.6. The van der Waals surface area contributed by atoms with E-state index in [9.17, 15) is 4.79 Å². The van der Waals surface area contributed by atoms with Crippen LogP contribution in [0.1, 0.15) is 32.1 Å². The lowest BCUT2D eigenvalue weighted by atomic mass is 10.3. The van der Waals surface area contributed by atoms with Crippen molar-refractivity contribution in [2.45, 2.75) is 38.2 Å². The van der Waals surface area contributed by atoms with Crippen molar-refractivity contribution in [2.75, 3.05) is 18.5 Å². The lowest BCUT2D eigenvalue weighted by Gasteiger charge is -2.11. The molecule has 0 aliphatic heterocycles. The van der Waals surface area contributed by atoms with Crippen LogP contribution in [-0.4, -0.2) is 39.4 Å². The Labute approximate surface area is 116 Å². The van der Waals surface area contributed by atoms with E-state index in [0.717, 1.165) is 19.6 Å². The molecule has 3 rings (SSSR count). The second-order valence-corrected chi connectivity index (χ2v) is 5.10. The number of hydrogen-bond donors (Lipinski definition) is 3. The first-order valence-corrected chi connectivity index (χ1v) is 7.12. The van der Waals surface area contributed by atoms with E-state index in [4.69, 9.17) is 4.74 Å². The minimum atomic E-state index is -0.187. The minimum absolute atomic E-state index is 0.187. The number of nitrogens with one attached hydrogen (secondary N) is 3. The van der Waals surface area contributed by atoms with Gasteiger partial charge in [0.1, 0.15) is 5.39 Å². The molecule has 7 nitrogen and oxygen atoms in total. The molecule has 0 unspecified atom stereocenters. The number of rotatable bonds is 6. The number of fused-ring (bicyclic) bond motifs is 1. The fraction of sp³-hybridized carbons (Fsp3) is 0.615. The van der Waals surface area contributed by atoms with E-state index in [0.29, 0.717) is 23.1 Å². The molecule has 2 aromatic rings. The Morgan fingerprint density at radius 2 is 2.25 bits per heavy atom. The van der Waals surface area contributed by atoms with Crippen molar-refractivity contribution in [1.82, 2.24) is 20.2 Å². The summed E-state index contributed by atoms with van der Waals surface area (Å²) in [5, 5.41) is 10.1. The summed E-state index contributed by atoms with van der Waals surface area (Å²) in [6.45, 7) is 1.46. The maximum absolute atomic E-state index is 11.7. The van der Waals surface area contributed by atoms with Gasteiger partial charge in [-0.2, -0.15) is 10.1 Å². The van der Waals surface area contributed by atoms with Gasteiger partial charge in [-0.15, -0.1) is 0 Å². The summed E-state index contributed by atoms with van der Waals surface area (Å²) in [6, 6.07) is 0. The molecule has 1 aliphatic carbocycles. The van der Waals surface area contributed by atoms with Gasteiger partial charge in [0.05, 0.1) is 12.3 Å². The van der Waals surface area contributed by atoms with Crippen LogP contribution in [0, 0.1) is 0 Å². The second kappa shape index (κ2) is 6.04. The third-order valence-corrected chi connectivity index (χ3v) is 3.59. The van der Waals surface area contributed by atoms with Gasteiger partial charge in [-0.3, -0.25) is 14.9 Å². The van der Waals surface area contributed by atoms with Gasteiger partial charge < -0.3 is 10.1 Å². The molecule has 108 valence electrons. The largest absolute Gasteiger partial charge is 0.378 e. The molecular weight excluding hydrogens is 258 g/mol. The fourth-order valence-corrected chi connectivity index (χ4v) is 2.51. The average molecular weight is 277 g/mol. The molecule has 0 bridgehead atoms. The van der Waals surface area contributed by atoms with Crippen LogP contribution in [0.15, 0.2) is 11.0 Å². The van der Waals surface area contributed by atoms with Crippen LogP contribution in [0.25, 0.3) is 11.0 Å². The Morgan fingerprint density at radius 3 is 3.10 bits per heavy atom. The first-order valence-electron chi connectivity index (χ1n) is 7.12. The van der Waals surface area contributed by atoms with Gasteiger partial charge in [0, 0.05) is 13.2 Å². The van der Waals surface area contributed by atoms with Gasteiger partial charge in [0.25, 0.3) is 5.56 Å². The Kier molecular flexibility index (Phi) is 3.96. The second-order valence-electron chi connectivity index (χ2n) is 5.10. The predicted octanol–water partition coefficient (Wildman–Crippen LogP) is 1.41. The number of anilines is 1. The number of ether oxygens (including phenoxy) is 1. The highest BCUT2D eigenvalue weighted by molar-refractivity contribution is 5.73. The van der Waals surface area contributed by atoms with Crippen LogP contribution in [0.2, 0.25) is 0 Å². The van der Waals surface area contributed by atoms with Crippen molar-refractivity contribution in [3.63, 3.8) is 0 Å². The van der Waals surface area contributed by atoms with Crippen molar-refractivity contribution in [2.24, 2.45) is 0 Å². The Bertz CT molecular complexity index is 614. The molecule has 1 saturated carbocycles. The van der Waals surface area contributed by atoms with E-state index >= 15 is 0 Å². The molecule has 0 radical (unpaired) electrons. The maximum atomic E-state index is 11.7. The number of nitrogens with zero attached hydrogens (tertiary/aromatic N) is 2. The van der Waals surface area contributed by atoms with Crippen LogP contribution in [-0.2, 0) is 4.74 Å². The molecule has 3 N–H and O–H groups in total. The molecule has 0 amide bonds. The van der Waals surface area contributed by atoms with Crippen molar-refractivity contribution in [3.8, 4) is 0 Å². The summed E-state index contributed by atoms with van der Waals surface area (Å²) >= 11 is 0. The van der Waals surface area contributed by atoms with Crippen LogP contribution >= 0.6 is 0 Å². The van der Waals surface area contributed by atoms with Crippen molar-refractivity contribution in [3.05, 3.63) is 16.6 Å². The van der Waals surface area contributed by atoms with E-state index in [1.807, 2.05) is 0 Å². The van der Waals surface area contributed by atoms with Gasteiger partial charge in [-0.25, -0.2) is 0 Å². The van der Waals surface area contributed by atoms with E-state index in [1.165, 1.54) is 31.9 Å². The summed E-state index contributed by atoms with van der Waals surface area (Å²) in [7, 11) is 0. The number of aromatic amines is 2. The zero-order valence-electron chi connectivity index (χ0n) is 11.3. The third kappa shape index (κ3) is 2.98. The SMILES string of the molecule is O=c1[nH]c(NCCCOC2CCCC2)nc2[nH]ncc12. The number of aromatic nitrogens is 4. The Morgan fingerprint density at radius 1 is 1.40 bits per heavy atom. The zero-order valence-corrected chi connectivity index (χ0v) is 11.3. The number of H-pyrrole nitrogens is 2. The van der Waals surface area contributed by atoms with Crippen molar-refractivity contribution < 1.29 is 4.74 Å². The van der Waals surface area contributed by atoms with E-state index in [2.05, 4.69) is 25.5 Å². The quantitative estimate of drug-likeness (QED) is 0.694. The minimum Gasteiger partial charge on any atom is -0.378 e. The molecule has 1 fully saturated rings. The third-order valence-electron chi connectivity index (χ3n) is 3.59. The Balaban J connectivity index is 1.46. The molecule has 0 spiro atoms. The Hall–Kier alpha value is -1.89. The van der Waals surface area contributed by atoms with Gasteiger partial charge in [0.2, 0.25) is 5.95 Å². The van der Waals surface area contributed by atoms with Crippen LogP contribution < -0.4 is 10.9 Å². The summed E-state index contributed by atoms with van der Waals surface area (Å²) in [6.07, 6.45) is 7.78. The first kappa shape index (κ1) is 13.1. The van der Waals surface area contributed by atoms with Gasteiger partial charge >= 0.3 is 0 Å². The molecule has 0 atom stereocenters. The highest BCUT2D eigenvalue weighted by Gasteiger charge is 2.14. The monoisotopic (exact) mass is 277 g/mol. The van der Waals surface area contributed by atoms with E-state index < -0.39 is 0 Å². The van der Waals surface area contributed by atoms with E-state index in [1.54, 1.807) is 0 Å². The molecule has 2 aromatic heterocycles. The summed E-state index contributed by atoms with van der Waals surface area (Å²) < 4.78 is 5.77. The van der Waals surface area contributed by atoms with Gasteiger partial charge in [-0.05, 0) is 19.3 Å². The smallest absolute Gasteiger partial charge is 0.263 e. The molecule has 0 aromatic carbocycles. The summed E-state index contributed by atoms with van der Waals surface area (Å²) in [5.74, 6) is 0.465. The molecule has 0 saturated heterocycles. The topological polar surface area (TPSA) is 95.7 Å². The van der Waals surface area contributed by atoms with Crippen molar-refractivity contribution in [1.29, 1.82) is 0 Å². The van der Waals surface area contributed by atoms with Crippen LogP contribution in [0.3, 0.4) is 0 Å². The van der Waals surface area contributed by atoms with Crippen LogP contribution in [0.4, 0.5) is 5.95 Å². The normalized spacial score (nSPS) is 16.0. The van der Waals surface area contributed by atoms with Gasteiger partial charge in [0.15, 0.2) is 5.65 Å². The zero-order chi connectivity index (χ0) is 13.8. The molecule has 20 heavy (non-hydrogen) atoms. The highest BCUT2D eigenvalue weighted by atomic mass is 16.5. The molecular formula is C13H19N5O2. The van der Waals surface area contributed by atoms with E-state index in [-0.39, 0.29) is 5.56 Å². The first-order chi connectivity index (χ1) is 9.83.